The van der Waals surface area contributed by atoms with Crippen LogP contribution in [0.2, 0.25) is 0 Å². The average Bonchev–Trinajstić information content (AvgIpc) is 2.78. The Hall–Kier alpha value is -2.80. The summed E-state index contributed by atoms with van der Waals surface area (Å²) in [7, 11) is 0. The molecule has 3 aromatic rings. The van der Waals surface area contributed by atoms with Crippen LogP contribution in [0.15, 0.2) is 60.9 Å². The highest BCUT2D eigenvalue weighted by Crippen LogP contribution is 2.33. The lowest BCUT2D eigenvalue weighted by Crippen LogP contribution is -2.30. The minimum Gasteiger partial charge on any atom is -0.494 e. The maximum Gasteiger partial charge on any atom is 0.252 e. The molecule has 0 saturated carbocycles. The first kappa shape index (κ1) is 23.9. The van der Waals surface area contributed by atoms with Gasteiger partial charge in [0, 0.05) is 19.3 Å². The van der Waals surface area contributed by atoms with Gasteiger partial charge in [-0.2, -0.15) is 0 Å². The first-order valence-corrected chi connectivity index (χ1v) is 10.3. The number of halogens is 2. The van der Waals surface area contributed by atoms with Gasteiger partial charge in [-0.25, -0.2) is 0 Å². The van der Waals surface area contributed by atoms with Crippen molar-refractivity contribution in [3.05, 3.63) is 83.2 Å². The highest BCUT2D eigenvalue weighted by molar-refractivity contribution is 5.94. The first-order chi connectivity index (χ1) is 14.8. The normalized spacial score (nSPS) is 17.2. The molecule has 1 atom stereocenters. The lowest BCUT2D eigenvalue weighted by Gasteiger charge is -2.28. The smallest absolute Gasteiger partial charge is 0.252 e. The van der Waals surface area contributed by atoms with Crippen molar-refractivity contribution in [3.63, 3.8) is 0 Å². The lowest BCUT2D eigenvalue weighted by atomic mass is 9.89. The molecular weight excluding hydrogens is 449 g/mol. The minimum atomic E-state index is -0.171. The molecule has 1 amide bonds. The molecule has 8 bridgehead atoms. The number of carbonyl (C=O) groups is 1. The molecule has 168 valence electrons. The number of hydrogen-bond acceptors (Lipinski definition) is 5. The maximum atomic E-state index is 12.4. The van der Waals surface area contributed by atoms with Crippen molar-refractivity contribution in [2.45, 2.75) is 18.9 Å². The van der Waals surface area contributed by atoms with Crippen LogP contribution >= 0.6 is 24.8 Å². The molecule has 0 aliphatic carbocycles. The van der Waals surface area contributed by atoms with Gasteiger partial charge in [0.25, 0.3) is 5.91 Å². The highest BCUT2D eigenvalue weighted by Gasteiger charge is 2.22. The number of benzene rings is 2. The number of nitrogens with one attached hydrogen (secondary N) is 2. The van der Waals surface area contributed by atoms with Gasteiger partial charge in [-0.15, -0.1) is 24.8 Å². The predicted molar refractivity (Wildman–Crippen MR) is 128 cm³/mol. The number of nitrogens with zero attached hydrogens (tertiary/aromatic N) is 1. The summed E-state index contributed by atoms with van der Waals surface area (Å²) in [6, 6.07) is 16.2. The average molecular weight is 474 g/mol. The van der Waals surface area contributed by atoms with Crippen LogP contribution in [0.4, 0.5) is 0 Å². The quantitative estimate of drug-likeness (QED) is 0.503. The second-order valence-corrected chi connectivity index (χ2v) is 7.54. The zero-order valence-corrected chi connectivity index (χ0v) is 19.0. The molecule has 8 heteroatoms. The topological polar surface area (TPSA) is 72.5 Å². The lowest BCUT2D eigenvalue weighted by molar-refractivity contribution is 0.0951. The van der Waals surface area contributed by atoms with E-state index < -0.39 is 0 Å². The summed E-state index contributed by atoms with van der Waals surface area (Å²) in [5.41, 5.74) is 4.15. The third-order valence-corrected chi connectivity index (χ3v) is 5.45. The van der Waals surface area contributed by atoms with Gasteiger partial charge in [0.1, 0.15) is 17.2 Å². The number of rotatable bonds is 0. The molecule has 3 aliphatic heterocycles. The van der Waals surface area contributed by atoms with Crippen LogP contribution in [0.5, 0.6) is 17.2 Å². The Morgan fingerprint density at radius 3 is 2.75 bits per heavy atom. The molecule has 6 nitrogen and oxygen atoms in total. The second-order valence-electron chi connectivity index (χ2n) is 7.54. The van der Waals surface area contributed by atoms with Crippen LogP contribution in [0.1, 0.15) is 39.5 Å². The molecule has 0 spiro atoms. The largest absolute Gasteiger partial charge is 0.494 e. The van der Waals surface area contributed by atoms with E-state index in [-0.39, 0.29) is 36.8 Å². The number of carbonyl (C=O) groups excluding carboxylic acids is 1. The van der Waals surface area contributed by atoms with Gasteiger partial charge in [-0.1, -0.05) is 18.2 Å². The Bertz CT molecular complexity index is 1090. The fourth-order valence-electron chi connectivity index (χ4n) is 3.99. The van der Waals surface area contributed by atoms with Gasteiger partial charge in [-0.05, 0) is 59.9 Å². The second kappa shape index (κ2) is 10.7. The number of fused-ring (bicyclic) bond motifs is 6. The number of hydrogen-bond donors (Lipinski definition) is 2. The molecule has 2 aromatic carbocycles. The van der Waals surface area contributed by atoms with Crippen molar-refractivity contribution in [1.29, 1.82) is 0 Å². The summed E-state index contributed by atoms with van der Waals surface area (Å²) in [6.07, 6.45) is 4.82. The molecule has 32 heavy (non-hydrogen) atoms. The molecule has 0 saturated heterocycles. The van der Waals surface area contributed by atoms with Gasteiger partial charge >= 0.3 is 0 Å². The molecule has 3 aliphatic rings. The van der Waals surface area contributed by atoms with Gasteiger partial charge in [0.15, 0.2) is 0 Å². The zero-order chi connectivity index (χ0) is 20.3. The van der Waals surface area contributed by atoms with Gasteiger partial charge < -0.3 is 20.1 Å². The number of ether oxygens (including phenoxy) is 2. The summed E-state index contributed by atoms with van der Waals surface area (Å²) in [5.74, 6) is 1.96. The highest BCUT2D eigenvalue weighted by atomic mass is 35.5. The van der Waals surface area contributed by atoms with E-state index >= 15 is 0 Å². The van der Waals surface area contributed by atoms with Crippen molar-refractivity contribution < 1.29 is 14.3 Å². The third kappa shape index (κ3) is 5.15. The van der Waals surface area contributed by atoms with Crippen LogP contribution < -0.4 is 20.1 Å². The SMILES string of the molecule is Cl.Cl.O=C1NCCCOc2cccc(c2)C2NCCc3cc(ccc32)Oc2cncc1c2. The summed E-state index contributed by atoms with van der Waals surface area (Å²) in [5, 5.41) is 6.53. The Balaban J connectivity index is 0.00000144. The van der Waals surface area contributed by atoms with E-state index in [2.05, 4.69) is 39.9 Å². The van der Waals surface area contributed by atoms with E-state index in [0.29, 0.717) is 30.9 Å². The third-order valence-electron chi connectivity index (χ3n) is 5.45. The molecule has 0 radical (unpaired) electrons. The van der Waals surface area contributed by atoms with Crippen molar-refractivity contribution in [1.82, 2.24) is 15.6 Å². The van der Waals surface area contributed by atoms with Crippen molar-refractivity contribution in [2.24, 2.45) is 0 Å². The Kier molecular flexibility index (Phi) is 7.96. The van der Waals surface area contributed by atoms with E-state index in [1.807, 2.05) is 18.2 Å². The molecule has 2 N–H and O–H groups in total. The van der Waals surface area contributed by atoms with Crippen LogP contribution in [-0.4, -0.2) is 30.6 Å². The summed E-state index contributed by atoms with van der Waals surface area (Å²) in [4.78, 5) is 16.6. The molecule has 0 fully saturated rings. The van der Waals surface area contributed by atoms with Crippen LogP contribution in [0.3, 0.4) is 0 Å². The predicted octanol–water partition coefficient (Wildman–Crippen LogP) is 4.46. The van der Waals surface area contributed by atoms with Crippen LogP contribution in [0, 0.1) is 0 Å². The van der Waals surface area contributed by atoms with Gasteiger partial charge in [0.05, 0.1) is 24.4 Å². The van der Waals surface area contributed by atoms with E-state index in [1.54, 1.807) is 18.5 Å². The van der Waals surface area contributed by atoms with Crippen molar-refractivity contribution in [2.75, 3.05) is 19.7 Å². The van der Waals surface area contributed by atoms with Gasteiger partial charge in [-0.3, -0.25) is 9.78 Å². The molecule has 4 heterocycles. The standard InChI is InChI=1S/C24H23N3O3.2ClH/c28-24-18-13-21(15-25-14-18)30-20-5-6-22-16(11-20)7-9-26-23(22)17-3-1-4-19(12-17)29-10-2-8-27-24;;/h1,3-6,11-15,23,26H,2,7-10H2,(H,27,28);2*1H. The van der Waals surface area contributed by atoms with E-state index in [0.717, 1.165) is 24.5 Å². The first-order valence-electron chi connectivity index (χ1n) is 10.3. The van der Waals surface area contributed by atoms with E-state index in [9.17, 15) is 4.79 Å². The summed E-state index contributed by atoms with van der Waals surface area (Å²) in [6.45, 7) is 1.95. The summed E-state index contributed by atoms with van der Waals surface area (Å²) >= 11 is 0. The number of amides is 1. The van der Waals surface area contributed by atoms with Crippen LogP contribution in [-0.2, 0) is 6.42 Å². The molecule has 6 rings (SSSR count). The van der Waals surface area contributed by atoms with Crippen molar-refractivity contribution >= 4 is 30.7 Å². The monoisotopic (exact) mass is 473 g/mol. The Morgan fingerprint density at radius 1 is 0.938 bits per heavy atom. The molecule has 1 unspecified atom stereocenters. The number of pyridine rings is 1. The van der Waals surface area contributed by atoms with E-state index in [1.165, 1.54) is 16.7 Å². The maximum absolute atomic E-state index is 12.4. The fraction of sp³-hybridized carbons (Fsp3) is 0.250. The zero-order valence-electron chi connectivity index (χ0n) is 17.4. The summed E-state index contributed by atoms with van der Waals surface area (Å²) < 4.78 is 12.0. The Labute approximate surface area is 199 Å². The van der Waals surface area contributed by atoms with Crippen molar-refractivity contribution in [3.8, 4) is 17.2 Å². The molecule has 1 aromatic heterocycles. The Morgan fingerprint density at radius 2 is 1.84 bits per heavy atom. The van der Waals surface area contributed by atoms with Gasteiger partial charge in [0.2, 0.25) is 0 Å². The fourth-order valence-corrected chi connectivity index (χ4v) is 3.99. The van der Waals surface area contributed by atoms with E-state index in [4.69, 9.17) is 9.47 Å². The number of aromatic nitrogens is 1. The molecular formula is C24H25Cl2N3O3. The minimum absolute atomic E-state index is 0. The van der Waals surface area contributed by atoms with Crippen LogP contribution in [0.25, 0.3) is 0 Å².